The van der Waals surface area contributed by atoms with Crippen LogP contribution in [0.2, 0.25) is 0 Å². The fraction of sp³-hybridized carbons (Fsp3) is 0.409. The van der Waals surface area contributed by atoms with Crippen LogP contribution >= 0.6 is 0 Å². The maximum Gasteiger partial charge on any atom is 0.255 e. The van der Waals surface area contributed by atoms with Crippen molar-refractivity contribution in [1.29, 1.82) is 0 Å². The van der Waals surface area contributed by atoms with Crippen LogP contribution in [-0.4, -0.2) is 50.7 Å². The van der Waals surface area contributed by atoms with Gasteiger partial charge in [-0.05, 0) is 52.9 Å². The van der Waals surface area contributed by atoms with Crippen LogP contribution in [0.15, 0.2) is 28.7 Å². The fourth-order valence-electron chi connectivity index (χ4n) is 3.51. The molecule has 154 valence electrons. The predicted molar refractivity (Wildman–Crippen MR) is 110 cm³/mol. The third-order valence-electron chi connectivity index (χ3n) is 5.01. The van der Waals surface area contributed by atoms with E-state index < -0.39 is 0 Å². The number of amides is 1. The molecule has 1 aromatic carbocycles. The van der Waals surface area contributed by atoms with E-state index in [1.54, 1.807) is 31.2 Å². The van der Waals surface area contributed by atoms with Crippen LogP contribution in [0.4, 0.5) is 0 Å². The van der Waals surface area contributed by atoms with Gasteiger partial charge in [-0.2, -0.15) is 0 Å². The van der Waals surface area contributed by atoms with Crippen molar-refractivity contribution in [2.24, 2.45) is 0 Å². The largest absolute Gasteiger partial charge is 0.456 e. The highest BCUT2D eigenvalue weighted by atomic mass is 16.4. The maximum absolute atomic E-state index is 12.9. The molecule has 1 heterocycles. The second-order valence-electron chi connectivity index (χ2n) is 7.11. The Bertz CT molecular complexity index is 917. The molecule has 0 bridgehead atoms. The molecule has 0 radical (unpaired) electrons. The Kier molecular flexibility index (Phi) is 6.95. The Labute approximate surface area is 170 Å². The van der Waals surface area contributed by atoms with Crippen molar-refractivity contribution in [2.75, 3.05) is 33.2 Å². The smallest absolute Gasteiger partial charge is 0.255 e. The minimum absolute atomic E-state index is 0.0421. The molecular weight excluding hydrogens is 370 g/mol. The number of rotatable bonds is 10. The molecule has 0 unspecified atom stereocenters. The number of furan rings is 1. The molecule has 0 spiro atoms. The molecule has 7 heteroatoms. The van der Waals surface area contributed by atoms with Gasteiger partial charge in [0.1, 0.15) is 5.76 Å². The van der Waals surface area contributed by atoms with Crippen LogP contribution in [0.1, 0.15) is 67.4 Å². The lowest BCUT2D eigenvalue weighted by Crippen LogP contribution is -2.30. The number of carbonyl (C=O) groups is 3. The van der Waals surface area contributed by atoms with Gasteiger partial charge >= 0.3 is 0 Å². The summed E-state index contributed by atoms with van der Waals surface area (Å²) in [6.45, 7) is 4.83. The lowest BCUT2D eigenvalue weighted by Gasteiger charge is -2.13. The number of ketones is 2. The molecular formula is C22H27N3O4. The van der Waals surface area contributed by atoms with E-state index in [0.717, 1.165) is 38.9 Å². The molecule has 29 heavy (non-hydrogen) atoms. The van der Waals surface area contributed by atoms with Gasteiger partial charge in [-0.15, -0.1) is 0 Å². The Morgan fingerprint density at radius 3 is 2.31 bits per heavy atom. The predicted octanol–water partition coefficient (Wildman–Crippen LogP) is 2.07. The number of fused-ring (bicyclic) bond motifs is 2. The van der Waals surface area contributed by atoms with E-state index >= 15 is 0 Å². The first kappa shape index (κ1) is 21.0. The van der Waals surface area contributed by atoms with Crippen molar-refractivity contribution < 1.29 is 18.8 Å². The Hall–Kier alpha value is -2.77. The Morgan fingerprint density at radius 2 is 1.59 bits per heavy atom. The summed E-state index contributed by atoms with van der Waals surface area (Å²) in [6.07, 6.45) is 3.00. The van der Waals surface area contributed by atoms with Crippen LogP contribution in [-0.2, 0) is 0 Å². The Morgan fingerprint density at radius 1 is 0.931 bits per heavy atom. The summed E-state index contributed by atoms with van der Waals surface area (Å²) in [5.74, 6) is -0.855. The summed E-state index contributed by atoms with van der Waals surface area (Å²) in [4.78, 5) is 38.3. The normalized spacial score (nSPS) is 12.6. The number of unbranched alkanes of at least 4 members (excludes halogenated alkanes) is 1. The average molecular weight is 397 g/mol. The quantitative estimate of drug-likeness (QED) is 0.453. The molecule has 1 aliphatic rings. The van der Waals surface area contributed by atoms with Gasteiger partial charge in [0.2, 0.25) is 5.78 Å². The first-order valence-corrected chi connectivity index (χ1v) is 10.0. The summed E-state index contributed by atoms with van der Waals surface area (Å²) in [5, 5.41) is 9.29. The van der Waals surface area contributed by atoms with Crippen LogP contribution in [0.3, 0.4) is 0 Å². The third kappa shape index (κ3) is 4.46. The second kappa shape index (κ2) is 9.62. The van der Waals surface area contributed by atoms with Gasteiger partial charge in [-0.3, -0.25) is 14.4 Å². The Balaban J connectivity index is 1.59. The van der Waals surface area contributed by atoms with Crippen molar-refractivity contribution >= 4 is 17.5 Å². The van der Waals surface area contributed by atoms with E-state index in [2.05, 4.69) is 16.0 Å². The molecule has 0 fully saturated rings. The molecule has 7 nitrogen and oxygen atoms in total. The van der Waals surface area contributed by atoms with E-state index in [0.29, 0.717) is 17.7 Å². The van der Waals surface area contributed by atoms with Gasteiger partial charge in [0.25, 0.3) is 5.91 Å². The highest BCUT2D eigenvalue weighted by Crippen LogP contribution is 2.33. The summed E-state index contributed by atoms with van der Waals surface area (Å²) >= 11 is 0. The first-order valence-electron chi connectivity index (χ1n) is 10.0. The van der Waals surface area contributed by atoms with Gasteiger partial charge in [0, 0.05) is 17.7 Å². The molecule has 1 aliphatic carbocycles. The topological polar surface area (TPSA) is 100 Å². The zero-order chi connectivity index (χ0) is 20.8. The number of hydrogen-bond donors (Lipinski definition) is 3. The van der Waals surface area contributed by atoms with E-state index in [1.807, 2.05) is 7.05 Å². The van der Waals surface area contributed by atoms with Crippen molar-refractivity contribution in [3.8, 4) is 0 Å². The van der Waals surface area contributed by atoms with Gasteiger partial charge in [-0.25, -0.2) is 0 Å². The zero-order valence-corrected chi connectivity index (χ0v) is 16.9. The number of benzene rings is 1. The van der Waals surface area contributed by atoms with Gasteiger partial charge in [0.05, 0.1) is 11.1 Å². The van der Waals surface area contributed by atoms with E-state index in [-0.39, 0.29) is 40.1 Å². The minimum atomic E-state index is -0.387. The van der Waals surface area contributed by atoms with Gasteiger partial charge < -0.3 is 20.4 Å². The lowest BCUT2D eigenvalue weighted by molar-refractivity contribution is 0.0938. The van der Waals surface area contributed by atoms with Crippen LogP contribution in [0, 0.1) is 6.92 Å². The molecule has 0 atom stereocenters. The molecule has 2 aromatic rings. The third-order valence-corrected chi connectivity index (χ3v) is 5.01. The fourth-order valence-corrected chi connectivity index (χ4v) is 3.51. The lowest BCUT2D eigenvalue weighted by atomic mass is 9.86. The van der Waals surface area contributed by atoms with Crippen molar-refractivity contribution in [3.63, 3.8) is 0 Å². The number of carbonyl (C=O) groups excluding carboxylic acids is 3. The van der Waals surface area contributed by atoms with Crippen LogP contribution < -0.4 is 16.0 Å². The number of aryl methyl sites for hydroxylation is 1. The first-order chi connectivity index (χ1) is 14.1. The zero-order valence-electron chi connectivity index (χ0n) is 16.9. The summed E-state index contributed by atoms with van der Waals surface area (Å²) in [5.41, 5.74) is 0.855. The van der Waals surface area contributed by atoms with Crippen molar-refractivity contribution in [3.05, 3.63) is 58.0 Å². The average Bonchev–Trinajstić information content (AvgIpc) is 3.08. The second-order valence-corrected chi connectivity index (χ2v) is 7.11. The SMILES string of the molecule is CNCCCCNCCCNC(=O)c1c(C)oc2c1C(=O)c1ccccc1C2=O. The molecule has 3 N–H and O–H groups in total. The van der Waals surface area contributed by atoms with Crippen LogP contribution in [0.25, 0.3) is 0 Å². The molecule has 3 rings (SSSR count). The monoisotopic (exact) mass is 397 g/mol. The maximum atomic E-state index is 12.9. The highest BCUT2D eigenvalue weighted by molar-refractivity contribution is 6.30. The minimum Gasteiger partial charge on any atom is -0.456 e. The number of nitrogens with one attached hydrogen (secondary N) is 3. The summed E-state index contributed by atoms with van der Waals surface area (Å²) in [6, 6.07) is 6.60. The standard InChI is InChI=1S/C22H27N3O4/c1-14-17(22(28)25-13-7-12-24-11-6-5-10-23-2)18-19(26)15-8-3-4-9-16(15)20(27)21(18)29-14/h3-4,8-9,23-24H,5-7,10-13H2,1-2H3,(H,25,28). The van der Waals surface area contributed by atoms with E-state index in [9.17, 15) is 14.4 Å². The van der Waals surface area contributed by atoms with Crippen molar-refractivity contribution in [2.45, 2.75) is 26.2 Å². The van der Waals surface area contributed by atoms with Gasteiger partial charge in [-0.1, -0.05) is 24.3 Å². The molecule has 1 aromatic heterocycles. The molecule has 0 saturated heterocycles. The highest BCUT2D eigenvalue weighted by Gasteiger charge is 2.38. The van der Waals surface area contributed by atoms with Crippen LogP contribution in [0.5, 0.6) is 0 Å². The van der Waals surface area contributed by atoms with E-state index in [4.69, 9.17) is 4.42 Å². The molecule has 0 aliphatic heterocycles. The van der Waals surface area contributed by atoms with Crippen molar-refractivity contribution in [1.82, 2.24) is 16.0 Å². The molecule has 0 saturated carbocycles. The summed E-state index contributed by atoms with van der Waals surface area (Å²) in [7, 11) is 1.94. The van der Waals surface area contributed by atoms with E-state index in [1.165, 1.54) is 0 Å². The number of hydrogen-bond acceptors (Lipinski definition) is 6. The molecule has 1 amide bonds. The summed E-state index contributed by atoms with van der Waals surface area (Å²) < 4.78 is 5.54. The van der Waals surface area contributed by atoms with Gasteiger partial charge in [0.15, 0.2) is 11.5 Å².